The lowest BCUT2D eigenvalue weighted by Gasteiger charge is -2.33. The highest BCUT2D eigenvalue weighted by Gasteiger charge is 2.21. The highest BCUT2D eigenvalue weighted by molar-refractivity contribution is 5.43. The number of rotatable bonds is 4. The van der Waals surface area contributed by atoms with Crippen molar-refractivity contribution in [2.75, 3.05) is 23.7 Å². The Bertz CT molecular complexity index is 700. The van der Waals surface area contributed by atoms with E-state index < -0.39 is 11.6 Å². The fourth-order valence-corrected chi connectivity index (χ4v) is 3.31. The van der Waals surface area contributed by atoms with E-state index in [0.717, 1.165) is 55.8 Å². The van der Waals surface area contributed by atoms with Crippen LogP contribution in [0.15, 0.2) is 24.3 Å². The van der Waals surface area contributed by atoms with Gasteiger partial charge in [-0.15, -0.1) is 0 Å². The molecule has 0 saturated carbocycles. The number of nitrogens with zero attached hydrogens (tertiary/aromatic N) is 3. The molecular formula is C18H22F2N4. The zero-order valence-electron chi connectivity index (χ0n) is 13.8. The van der Waals surface area contributed by atoms with Crippen LogP contribution in [0.25, 0.3) is 0 Å². The molecule has 24 heavy (non-hydrogen) atoms. The van der Waals surface area contributed by atoms with E-state index in [1.807, 2.05) is 13.0 Å². The Morgan fingerprint density at radius 3 is 2.79 bits per heavy atom. The van der Waals surface area contributed by atoms with Crippen LogP contribution in [-0.2, 0) is 6.42 Å². The summed E-state index contributed by atoms with van der Waals surface area (Å²) < 4.78 is 26.3. The summed E-state index contributed by atoms with van der Waals surface area (Å²) in [6, 6.07) is 6.11. The van der Waals surface area contributed by atoms with Crippen LogP contribution in [0.5, 0.6) is 0 Å². The van der Waals surface area contributed by atoms with Crippen molar-refractivity contribution in [3.63, 3.8) is 0 Å². The quantitative estimate of drug-likeness (QED) is 0.931. The predicted octanol–water partition coefficient (Wildman–Crippen LogP) is 3.49. The summed E-state index contributed by atoms with van der Waals surface area (Å²) in [6.45, 7) is 3.77. The van der Waals surface area contributed by atoms with Crippen LogP contribution in [0.4, 0.5) is 20.5 Å². The Hall–Kier alpha value is -2.24. The fourth-order valence-electron chi connectivity index (χ4n) is 3.31. The zero-order valence-corrected chi connectivity index (χ0v) is 13.8. The van der Waals surface area contributed by atoms with Crippen molar-refractivity contribution in [3.05, 3.63) is 47.2 Å². The number of hydrogen-bond donors (Lipinski definition) is 1. The molecule has 2 heterocycles. The van der Waals surface area contributed by atoms with E-state index in [0.29, 0.717) is 11.9 Å². The normalized spacial score (nSPS) is 18.0. The second-order valence-corrected chi connectivity index (χ2v) is 6.47. The first-order valence-corrected chi connectivity index (χ1v) is 8.31. The Labute approximate surface area is 140 Å². The predicted molar refractivity (Wildman–Crippen MR) is 90.8 cm³/mol. The molecule has 1 fully saturated rings. The van der Waals surface area contributed by atoms with Crippen molar-refractivity contribution in [2.24, 2.45) is 5.92 Å². The average molecular weight is 332 g/mol. The highest BCUT2D eigenvalue weighted by Crippen LogP contribution is 2.26. The van der Waals surface area contributed by atoms with Gasteiger partial charge in [0, 0.05) is 24.8 Å². The Kier molecular flexibility index (Phi) is 4.92. The van der Waals surface area contributed by atoms with Crippen molar-refractivity contribution in [3.8, 4) is 0 Å². The van der Waals surface area contributed by atoms with Crippen molar-refractivity contribution in [2.45, 2.75) is 32.6 Å². The van der Waals surface area contributed by atoms with Gasteiger partial charge in [-0.05, 0) is 56.2 Å². The van der Waals surface area contributed by atoms with Crippen molar-refractivity contribution >= 4 is 11.8 Å². The van der Waals surface area contributed by atoms with Crippen LogP contribution in [0.2, 0.25) is 0 Å². The lowest BCUT2D eigenvalue weighted by atomic mass is 9.91. The first-order valence-electron chi connectivity index (χ1n) is 8.31. The number of aromatic nitrogens is 2. The van der Waals surface area contributed by atoms with Gasteiger partial charge in [0.15, 0.2) is 11.6 Å². The second-order valence-electron chi connectivity index (χ2n) is 6.47. The number of nitrogens with two attached hydrogens (primary N) is 1. The molecule has 0 amide bonds. The minimum Gasteiger partial charge on any atom is -0.368 e. The molecule has 128 valence electrons. The number of halogens is 2. The summed E-state index contributed by atoms with van der Waals surface area (Å²) in [5, 5.41) is 0. The number of nitrogen functional groups attached to an aromatic ring is 1. The molecule has 0 unspecified atom stereocenters. The summed E-state index contributed by atoms with van der Waals surface area (Å²) >= 11 is 0. The van der Waals surface area contributed by atoms with Crippen molar-refractivity contribution < 1.29 is 8.78 Å². The first-order chi connectivity index (χ1) is 11.5. The van der Waals surface area contributed by atoms with Crippen LogP contribution in [-0.4, -0.2) is 23.1 Å². The minimum atomic E-state index is -0.792. The van der Waals surface area contributed by atoms with Crippen molar-refractivity contribution in [1.82, 2.24) is 9.97 Å². The molecular weight excluding hydrogens is 310 g/mol. The Morgan fingerprint density at radius 2 is 2.04 bits per heavy atom. The van der Waals surface area contributed by atoms with E-state index >= 15 is 0 Å². The first kappa shape index (κ1) is 16.6. The standard InChI is InChI=1S/C18H22F2N4/c1-12-9-17(23-18(21)22-12)24-8-2-3-14(11-24)5-4-13-6-7-15(19)16(20)10-13/h6-7,9-10,14H,2-5,8,11H2,1H3,(H2,21,22,23)/t14-/m0/s1. The summed E-state index contributed by atoms with van der Waals surface area (Å²) in [4.78, 5) is 10.7. The van der Waals surface area contributed by atoms with Gasteiger partial charge in [-0.1, -0.05) is 6.07 Å². The fraction of sp³-hybridized carbons (Fsp3) is 0.444. The van der Waals surface area contributed by atoms with Crippen LogP contribution in [0.1, 0.15) is 30.5 Å². The van der Waals surface area contributed by atoms with Gasteiger partial charge in [-0.3, -0.25) is 0 Å². The van der Waals surface area contributed by atoms with E-state index in [1.54, 1.807) is 6.07 Å². The number of anilines is 2. The van der Waals surface area contributed by atoms with E-state index in [1.165, 1.54) is 12.1 Å². The molecule has 1 atom stereocenters. The molecule has 1 aromatic carbocycles. The smallest absolute Gasteiger partial charge is 0.222 e. The second kappa shape index (κ2) is 7.11. The van der Waals surface area contributed by atoms with E-state index in [2.05, 4.69) is 14.9 Å². The maximum Gasteiger partial charge on any atom is 0.222 e. The molecule has 0 spiro atoms. The van der Waals surface area contributed by atoms with Gasteiger partial charge in [0.1, 0.15) is 5.82 Å². The molecule has 2 N–H and O–H groups in total. The molecule has 0 radical (unpaired) electrons. The molecule has 0 bridgehead atoms. The summed E-state index contributed by atoms with van der Waals surface area (Å²) in [6.07, 6.45) is 3.92. The monoisotopic (exact) mass is 332 g/mol. The van der Waals surface area contributed by atoms with Gasteiger partial charge >= 0.3 is 0 Å². The van der Waals surface area contributed by atoms with Crippen LogP contribution < -0.4 is 10.6 Å². The molecule has 3 rings (SSSR count). The summed E-state index contributed by atoms with van der Waals surface area (Å²) in [5.41, 5.74) is 7.45. The number of piperidine rings is 1. The third kappa shape index (κ3) is 3.99. The summed E-state index contributed by atoms with van der Waals surface area (Å²) in [7, 11) is 0. The summed E-state index contributed by atoms with van der Waals surface area (Å²) in [5.74, 6) is 0.110. The topological polar surface area (TPSA) is 55.0 Å². The third-order valence-corrected chi connectivity index (χ3v) is 4.53. The molecule has 0 aliphatic carbocycles. The lowest BCUT2D eigenvalue weighted by molar-refractivity contribution is 0.389. The van der Waals surface area contributed by atoms with Crippen LogP contribution in [0.3, 0.4) is 0 Å². The van der Waals surface area contributed by atoms with Gasteiger partial charge < -0.3 is 10.6 Å². The molecule has 4 nitrogen and oxygen atoms in total. The lowest BCUT2D eigenvalue weighted by Crippen LogP contribution is -2.36. The van der Waals surface area contributed by atoms with Crippen molar-refractivity contribution in [1.29, 1.82) is 0 Å². The SMILES string of the molecule is Cc1cc(N2CCC[C@@H](CCc3ccc(F)c(F)c3)C2)nc(N)n1. The van der Waals surface area contributed by atoms with Gasteiger partial charge in [0.2, 0.25) is 5.95 Å². The Balaban J connectivity index is 1.62. The van der Waals surface area contributed by atoms with E-state index in [-0.39, 0.29) is 0 Å². The van der Waals surface area contributed by atoms with Gasteiger partial charge in [-0.25, -0.2) is 13.8 Å². The highest BCUT2D eigenvalue weighted by atomic mass is 19.2. The number of aryl methyl sites for hydroxylation is 2. The number of benzene rings is 1. The minimum absolute atomic E-state index is 0.300. The Morgan fingerprint density at radius 1 is 1.21 bits per heavy atom. The average Bonchev–Trinajstić information content (AvgIpc) is 2.55. The molecule has 1 aromatic heterocycles. The molecule has 1 saturated heterocycles. The van der Waals surface area contributed by atoms with Gasteiger partial charge in [0.05, 0.1) is 0 Å². The maximum atomic E-state index is 13.3. The molecule has 6 heteroatoms. The van der Waals surface area contributed by atoms with E-state index in [4.69, 9.17) is 5.73 Å². The largest absolute Gasteiger partial charge is 0.368 e. The van der Waals surface area contributed by atoms with E-state index in [9.17, 15) is 8.78 Å². The van der Waals surface area contributed by atoms with Crippen LogP contribution >= 0.6 is 0 Å². The molecule has 2 aromatic rings. The van der Waals surface area contributed by atoms with Gasteiger partial charge in [0.25, 0.3) is 0 Å². The molecule has 1 aliphatic heterocycles. The molecule has 1 aliphatic rings. The third-order valence-electron chi connectivity index (χ3n) is 4.53. The number of hydrogen-bond acceptors (Lipinski definition) is 4. The maximum absolute atomic E-state index is 13.3. The van der Waals surface area contributed by atoms with Gasteiger partial charge in [-0.2, -0.15) is 4.98 Å². The zero-order chi connectivity index (χ0) is 17.1. The van der Waals surface area contributed by atoms with Crippen LogP contribution in [0, 0.1) is 24.5 Å².